The van der Waals surface area contributed by atoms with E-state index in [1.165, 1.54) is 43.2 Å². The Morgan fingerprint density at radius 3 is 2.78 bits per heavy atom. The lowest BCUT2D eigenvalue weighted by Gasteiger charge is -2.20. The molecule has 144 valence electrons. The first-order chi connectivity index (χ1) is 13.0. The van der Waals surface area contributed by atoms with Crippen LogP contribution < -0.4 is 10.6 Å². The molecule has 1 saturated heterocycles. The van der Waals surface area contributed by atoms with Gasteiger partial charge >= 0.3 is 0 Å². The minimum atomic E-state index is -0.597. The van der Waals surface area contributed by atoms with E-state index in [2.05, 4.69) is 20.8 Å². The zero-order valence-corrected chi connectivity index (χ0v) is 16.0. The molecule has 1 heterocycles. The van der Waals surface area contributed by atoms with Gasteiger partial charge in [0.1, 0.15) is 11.1 Å². The van der Waals surface area contributed by atoms with Gasteiger partial charge in [-0.1, -0.05) is 43.2 Å². The number of thioether (sulfide) groups is 1. The summed E-state index contributed by atoms with van der Waals surface area (Å²) in [5.41, 5.74) is 1.09. The first kappa shape index (κ1) is 19.5. The standard InChI is InChI=1S/C19H23FN4O2S/c1-12(13-7-3-2-4-8-13)23-24-19-22-18(26)16(27-19)11-17(25)21-15-10-6-5-9-14(15)20/h5-6,9-10,13,16H,2-4,7-8,11H2,1H3,(H,21,25)(H,22,24,26)/b23-12-/t16-/m1/s1. The molecule has 0 bridgehead atoms. The highest BCUT2D eigenvalue weighted by Gasteiger charge is 2.32. The summed E-state index contributed by atoms with van der Waals surface area (Å²) in [5, 5.41) is 13.4. The predicted octanol–water partition coefficient (Wildman–Crippen LogP) is 3.70. The molecule has 3 rings (SSSR count). The maximum Gasteiger partial charge on any atom is 0.240 e. The molecule has 2 N–H and O–H groups in total. The molecule has 0 unspecified atom stereocenters. The van der Waals surface area contributed by atoms with E-state index in [1.807, 2.05) is 6.92 Å². The van der Waals surface area contributed by atoms with Crippen LogP contribution in [0.3, 0.4) is 0 Å². The summed E-state index contributed by atoms with van der Waals surface area (Å²) in [6, 6.07) is 5.92. The monoisotopic (exact) mass is 390 g/mol. The van der Waals surface area contributed by atoms with E-state index in [0.717, 1.165) is 18.6 Å². The molecule has 1 aromatic carbocycles. The highest BCUT2D eigenvalue weighted by molar-refractivity contribution is 8.15. The number of hydrogen-bond donors (Lipinski definition) is 2. The number of amides is 2. The Labute approximate surface area is 162 Å². The van der Waals surface area contributed by atoms with Gasteiger partial charge < -0.3 is 10.6 Å². The Morgan fingerprint density at radius 2 is 2.04 bits per heavy atom. The van der Waals surface area contributed by atoms with Gasteiger partial charge in [-0.2, -0.15) is 5.10 Å². The SMILES string of the molecule is C/C(=N/N=C1\NC(=O)[C@@H](CC(=O)Nc2ccccc2F)S1)C1CCCCC1. The maximum absolute atomic E-state index is 13.6. The number of amidine groups is 1. The van der Waals surface area contributed by atoms with Crippen molar-refractivity contribution >= 4 is 40.1 Å². The largest absolute Gasteiger partial charge is 0.324 e. The molecule has 0 aromatic heterocycles. The molecule has 1 aromatic rings. The van der Waals surface area contributed by atoms with Gasteiger partial charge in [0.05, 0.1) is 5.69 Å². The zero-order valence-electron chi connectivity index (χ0n) is 15.2. The number of hydrogen-bond acceptors (Lipinski definition) is 5. The lowest BCUT2D eigenvalue weighted by atomic mass is 9.86. The summed E-state index contributed by atoms with van der Waals surface area (Å²) in [5.74, 6) is -0.749. The normalized spacial score (nSPS) is 22.7. The van der Waals surface area contributed by atoms with Gasteiger partial charge in [-0.25, -0.2) is 4.39 Å². The van der Waals surface area contributed by atoms with E-state index in [-0.39, 0.29) is 18.0 Å². The van der Waals surface area contributed by atoms with Crippen LogP contribution in [0.25, 0.3) is 0 Å². The van der Waals surface area contributed by atoms with Gasteiger partial charge in [0.2, 0.25) is 11.8 Å². The van der Waals surface area contributed by atoms with Crippen molar-refractivity contribution in [2.75, 3.05) is 5.32 Å². The fraction of sp³-hybridized carbons (Fsp3) is 0.474. The minimum absolute atomic E-state index is 0.0603. The lowest BCUT2D eigenvalue weighted by Crippen LogP contribution is -2.28. The Bertz CT molecular complexity index is 775. The number of para-hydroxylation sites is 1. The average molecular weight is 390 g/mol. The van der Waals surface area contributed by atoms with Crippen LogP contribution in [0.1, 0.15) is 45.4 Å². The van der Waals surface area contributed by atoms with Crippen molar-refractivity contribution in [1.82, 2.24) is 5.32 Å². The molecule has 1 saturated carbocycles. The topological polar surface area (TPSA) is 82.9 Å². The van der Waals surface area contributed by atoms with Crippen LogP contribution in [0, 0.1) is 11.7 Å². The third-order valence-electron chi connectivity index (χ3n) is 4.79. The van der Waals surface area contributed by atoms with E-state index in [9.17, 15) is 14.0 Å². The van der Waals surface area contributed by atoms with Crippen molar-refractivity contribution in [1.29, 1.82) is 0 Å². The van der Waals surface area contributed by atoms with E-state index in [1.54, 1.807) is 12.1 Å². The zero-order chi connectivity index (χ0) is 19.2. The van der Waals surface area contributed by atoms with Gasteiger partial charge in [-0.3, -0.25) is 9.59 Å². The number of carbonyl (C=O) groups is 2. The third-order valence-corrected chi connectivity index (χ3v) is 5.86. The fourth-order valence-electron chi connectivity index (χ4n) is 3.25. The van der Waals surface area contributed by atoms with Crippen LogP contribution in [-0.4, -0.2) is 27.9 Å². The second kappa shape index (κ2) is 9.12. The van der Waals surface area contributed by atoms with Crippen molar-refractivity contribution in [3.63, 3.8) is 0 Å². The van der Waals surface area contributed by atoms with Crippen molar-refractivity contribution < 1.29 is 14.0 Å². The molecule has 8 heteroatoms. The van der Waals surface area contributed by atoms with Crippen LogP contribution in [0.2, 0.25) is 0 Å². The number of anilines is 1. The first-order valence-electron chi connectivity index (χ1n) is 9.17. The van der Waals surface area contributed by atoms with Crippen molar-refractivity contribution in [2.45, 2.75) is 50.7 Å². The highest BCUT2D eigenvalue weighted by atomic mass is 32.2. The van der Waals surface area contributed by atoms with Gasteiger partial charge in [0, 0.05) is 12.1 Å². The summed E-state index contributed by atoms with van der Waals surface area (Å²) < 4.78 is 13.6. The van der Waals surface area contributed by atoms with E-state index in [4.69, 9.17) is 0 Å². The summed E-state index contributed by atoms with van der Waals surface area (Å²) in [4.78, 5) is 24.2. The van der Waals surface area contributed by atoms with Crippen LogP contribution in [0.4, 0.5) is 10.1 Å². The number of carbonyl (C=O) groups excluding carboxylic acids is 2. The molecule has 1 atom stereocenters. The second-order valence-corrected chi connectivity index (χ2v) is 8.00. The molecule has 0 radical (unpaired) electrons. The molecule has 2 amide bonds. The minimum Gasteiger partial charge on any atom is -0.324 e. The Balaban J connectivity index is 1.55. The van der Waals surface area contributed by atoms with E-state index >= 15 is 0 Å². The van der Waals surface area contributed by atoms with E-state index < -0.39 is 17.0 Å². The number of benzene rings is 1. The van der Waals surface area contributed by atoms with Gasteiger partial charge in [-0.05, 0) is 37.8 Å². The summed E-state index contributed by atoms with van der Waals surface area (Å²) in [6.07, 6.45) is 5.94. The van der Waals surface area contributed by atoms with Gasteiger partial charge in [0.15, 0.2) is 5.17 Å². The number of nitrogens with one attached hydrogen (secondary N) is 2. The molecule has 1 aliphatic carbocycles. The average Bonchev–Trinajstić information content (AvgIpc) is 3.01. The smallest absolute Gasteiger partial charge is 0.240 e. The molecule has 2 aliphatic rings. The molecule has 1 aliphatic heterocycles. The number of halogens is 1. The Hall–Kier alpha value is -2.22. The quantitative estimate of drug-likeness (QED) is 0.594. The molecule has 0 spiro atoms. The summed E-state index contributed by atoms with van der Waals surface area (Å²) in [7, 11) is 0. The molecule has 2 fully saturated rings. The van der Waals surface area contributed by atoms with Gasteiger partial charge in [-0.15, -0.1) is 5.10 Å². The van der Waals surface area contributed by atoms with Crippen LogP contribution in [0.15, 0.2) is 34.5 Å². The Morgan fingerprint density at radius 1 is 1.30 bits per heavy atom. The molecular formula is C19H23FN4O2S. The molecular weight excluding hydrogens is 367 g/mol. The number of nitrogens with zero attached hydrogens (tertiary/aromatic N) is 2. The van der Waals surface area contributed by atoms with Crippen molar-refractivity contribution in [2.24, 2.45) is 16.1 Å². The van der Waals surface area contributed by atoms with Crippen molar-refractivity contribution in [3.8, 4) is 0 Å². The predicted molar refractivity (Wildman–Crippen MR) is 106 cm³/mol. The highest BCUT2D eigenvalue weighted by Crippen LogP contribution is 2.26. The van der Waals surface area contributed by atoms with E-state index in [0.29, 0.717) is 11.1 Å². The molecule has 6 nitrogen and oxygen atoms in total. The van der Waals surface area contributed by atoms with Crippen molar-refractivity contribution in [3.05, 3.63) is 30.1 Å². The van der Waals surface area contributed by atoms with Gasteiger partial charge in [0.25, 0.3) is 0 Å². The fourth-order valence-corrected chi connectivity index (χ4v) is 4.16. The lowest BCUT2D eigenvalue weighted by molar-refractivity contribution is -0.122. The summed E-state index contributed by atoms with van der Waals surface area (Å²) >= 11 is 1.18. The second-order valence-electron chi connectivity index (χ2n) is 6.81. The van der Waals surface area contributed by atoms with Crippen LogP contribution in [0.5, 0.6) is 0 Å². The van der Waals surface area contributed by atoms with Crippen LogP contribution >= 0.6 is 11.8 Å². The van der Waals surface area contributed by atoms with Crippen LogP contribution in [-0.2, 0) is 9.59 Å². The molecule has 27 heavy (non-hydrogen) atoms. The summed E-state index contributed by atoms with van der Waals surface area (Å²) in [6.45, 7) is 1.97. The maximum atomic E-state index is 13.6. The number of rotatable bonds is 5. The third kappa shape index (κ3) is 5.38. The first-order valence-corrected chi connectivity index (χ1v) is 10.0. The Kier molecular flexibility index (Phi) is 6.60.